The molecule has 3 N–H and O–H groups in total. The summed E-state index contributed by atoms with van der Waals surface area (Å²) in [6.45, 7) is 6.19. The minimum Gasteiger partial charge on any atom is -0.457 e. The zero-order chi connectivity index (χ0) is 31.3. The quantitative estimate of drug-likeness (QED) is 0.328. The molecule has 1 aliphatic carbocycles. The normalized spacial score (nSPS) is 21.9. The second-order valence-electron chi connectivity index (χ2n) is 12.7. The minimum absolute atomic E-state index is 0. The monoisotopic (exact) mass is 640 g/mol. The molecule has 0 radical (unpaired) electrons. The van der Waals surface area contributed by atoms with Crippen molar-refractivity contribution in [1.29, 1.82) is 0 Å². The van der Waals surface area contributed by atoms with Crippen molar-refractivity contribution in [3.05, 3.63) is 59.7 Å². The van der Waals surface area contributed by atoms with Gasteiger partial charge in [0.05, 0.1) is 6.10 Å². The molecule has 2 saturated heterocycles. The number of amides is 3. The van der Waals surface area contributed by atoms with Crippen LogP contribution in [0.3, 0.4) is 0 Å². The van der Waals surface area contributed by atoms with Gasteiger partial charge in [-0.2, -0.15) is 0 Å². The summed E-state index contributed by atoms with van der Waals surface area (Å²) < 4.78 is 5.99. The maximum absolute atomic E-state index is 13.9. The Hall–Kier alpha value is -3.14. The van der Waals surface area contributed by atoms with Crippen molar-refractivity contribution in [2.24, 2.45) is 5.92 Å². The summed E-state index contributed by atoms with van der Waals surface area (Å²) in [5.74, 6) is 1.07. The van der Waals surface area contributed by atoms with Crippen LogP contribution in [0.1, 0.15) is 93.6 Å². The summed E-state index contributed by atoms with van der Waals surface area (Å²) in [4.78, 5) is 43.7. The average molecular weight is 641 g/mol. The number of rotatable bonds is 10. The predicted octanol–water partition coefficient (Wildman–Crippen LogP) is 5.22. The number of hydrogen-bond donors (Lipinski definition) is 3. The van der Waals surface area contributed by atoms with Crippen LogP contribution in [0.2, 0.25) is 0 Å². The maximum Gasteiger partial charge on any atom is 0.251 e. The Morgan fingerprint density at radius 3 is 2.20 bits per heavy atom. The standard InChI is InChI=1S/C35H48N4O5.ClH/c1-4-5-21-39-33(42)30(31(40)26-9-7-6-8-10-26)37-34(43)35(39)19-22-38(23-20-35)24(2)25-11-15-28(16-12-25)44-29-17-13-27(14-18-29)32(41)36-3;/h11-18,24,26,30-31,40H,4-10,19-23H2,1-3H3,(H,36,41)(H,37,43);1H/t24-,30-,31-;/m1./s1. The summed E-state index contributed by atoms with van der Waals surface area (Å²) in [6, 6.07) is 14.3. The van der Waals surface area contributed by atoms with Gasteiger partial charge in [0.15, 0.2) is 0 Å². The van der Waals surface area contributed by atoms with Gasteiger partial charge in [-0.3, -0.25) is 19.3 Å². The number of benzene rings is 2. The smallest absolute Gasteiger partial charge is 0.251 e. The van der Waals surface area contributed by atoms with Crippen LogP contribution in [0.4, 0.5) is 0 Å². The number of piperazine rings is 1. The van der Waals surface area contributed by atoms with Gasteiger partial charge in [-0.1, -0.05) is 44.7 Å². The third-order valence-corrected chi connectivity index (χ3v) is 10.1. The highest BCUT2D eigenvalue weighted by Crippen LogP contribution is 2.38. The lowest BCUT2D eigenvalue weighted by Gasteiger charge is -2.53. The highest BCUT2D eigenvalue weighted by molar-refractivity contribution is 6.00. The number of nitrogens with one attached hydrogen (secondary N) is 2. The number of hydrogen-bond acceptors (Lipinski definition) is 6. The molecule has 1 saturated carbocycles. The number of piperidine rings is 1. The molecule has 2 aromatic rings. The molecule has 9 nitrogen and oxygen atoms in total. The van der Waals surface area contributed by atoms with Crippen molar-refractivity contribution >= 4 is 30.1 Å². The van der Waals surface area contributed by atoms with Crippen LogP contribution in [0.15, 0.2) is 48.5 Å². The van der Waals surface area contributed by atoms with Crippen LogP contribution in [0.5, 0.6) is 11.5 Å². The SMILES string of the molecule is CCCCN1C(=O)[C@@H]([C@H](O)C2CCCCC2)NC(=O)C12CCN([C@H](C)c1ccc(Oc3ccc(C(=O)NC)cc3)cc1)CC2.Cl. The van der Waals surface area contributed by atoms with E-state index in [0.717, 1.165) is 44.1 Å². The van der Waals surface area contributed by atoms with Gasteiger partial charge in [0.1, 0.15) is 23.1 Å². The van der Waals surface area contributed by atoms with Crippen molar-refractivity contribution in [1.82, 2.24) is 20.4 Å². The summed E-state index contributed by atoms with van der Waals surface area (Å²) in [6.07, 6.45) is 7.19. The molecule has 3 fully saturated rings. The number of halogens is 1. The molecule has 3 atom stereocenters. The van der Waals surface area contributed by atoms with E-state index >= 15 is 0 Å². The number of unbranched alkanes of at least 4 members (excludes halogenated alkanes) is 1. The van der Waals surface area contributed by atoms with Gasteiger partial charge >= 0.3 is 0 Å². The summed E-state index contributed by atoms with van der Waals surface area (Å²) in [7, 11) is 1.60. The third kappa shape index (κ3) is 7.47. The van der Waals surface area contributed by atoms with Gasteiger partial charge in [0, 0.05) is 38.3 Å². The van der Waals surface area contributed by atoms with Crippen LogP contribution in [-0.2, 0) is 9.59 Å². The molecule has 0 bridgehead atoms. The van der Waals surface area contributed by atoms with E-state index in [4.69, 9.17) is 4.74 Å². The molecule has 1 spiro atoms. The lowest BCUT2D eigenvalue weighted by molar-refractivity contribution is -0.166. The Kier molecular flexibility index (Phi) is 11.9. The first kappa shape index (κ1) is 34.7. The number of likely N-dealkylation sites (tertiary alicyclic amines) is 1. The van der Waals surface area contributed by atoms with Crippen LogP contribution < -0.4 is 15.4 Å². The Morgan fingerprint density at radius 2 is 1.62 bits per heavy atom. The molecule has 2 aromatic carbocycles. The van der Waals surface area contributed by atoms with E-state index in [9.17, 15) is 19.5 Å². The van der Waals surface area contributed by atoms with Gasteiger partial charge < -0.3 is 25.4 Å². The van der Waals surface area contributed by atoms with Crippen molar-refractivity contribution in [3.63, 3.8) is 0 Å². The first-order chi connectivity index (χ1) is 21.3. The molecule has 2 aliphatic heterocycles. The van der Waals surface area contributed by atoms with Gasteiger partial charge in [-0.05, 0) is 86.9 Å². The first-order valence-electron chi connectivity index (χ1n) is 16.4. The van der Waals surface area contributed by atoms with Crippen LogP contribution in [0.25, 0.3) is 0 Å². The van der Waals surface area contributed by atoms with Crippen LogP contribution in [-0.4, -0.2) is 77.0 Å². The molecule has 3 aliphatic rings. The largest absolute Gasteiger partial charge is 0.457 e. The van der Waals surface area contributed by atoms with Crippen molar-refractivity contribution in [3.8, 4) is 11.5 Å². The van der Waals surface area contributed by atoms with E-state index < -0.39 is 17.7 Å². The van der Waals surface area contributed by atoms with Crippen LogP contribution in [0, 0.1) is 5.92 Å². The van der Waals surface area contributed by atoms with Crippen LogP contribution >= 0.6 is 12.4 Å². The zero-order valence-corrected chi connectivity index (χ0v) is 27.6. The second kappa shape index (κ2) is 15.4. The number of carbonyl (C=O) groups is 3. The van der Waals surface area contributed by atoms with Gasteiger partial charge in [-0.15, -0.1) is 12.4 Å². The third-order valence-electron chi connectivity index (χ3n) is 10.1. The predicted molar refractivity (Wildman–Crippen MR) is 177 cm³/mol. The molecule has 0 aromatic heterocycles. The minimum atomic E-state index is -0.865. The van der Waals surface area contributed by atoms with Gasteiger partial charge in [0.2, 0.25) is 11.8 Å². The molecule has 0 unspecified atom stereocenters. The number of nitrogens with zero attached hydrogens (tertiary/aromatic N) is 2. The molecule has 45 heavy (non-hydrogen) atoms. The van der Waals surface area contributed by atoms with Gasteiger partial charge in [-0.25, -0.2) is 0 Å². The molecule has 3 amide bonds. The van der Waals surface area contributed by atoms with E-state index in [1.54, 1.807) is 31.3 Å². The molecular formula is C35H49ClN4O5. The number of ether oxygens (including phenoxy) is 1. The first-order valence-corrected chi connectivity index (χ1v) is 16.4. The van der Waals surface area contributed by atoms with E-state index in [1.165, 1.54) is 6.42 Å². The molecular weight excluding hydrogens is 592 g/mol. The van der Waals surface area contributed by atoms with Gasteiger partial charge in [0.25, 0.3) is 5.91 Å². The topological polar surface area (TPSA) is 111 Å². The lowest BCUT2D eigenvalue weighted by atomic mass is 9.77. The molecule has 10 heteroatoms. The Bertz CT molecular complexity index is 1290. The summed E-state index contributed by atoms with van der Waals surface area (Å²) in [5.41, 5.74) is 0.856. The molecule has 2 heterocycles. The van der Waals surface area contributed by atoms with E-state index in [2.05, 4.69) is 41.5 Å². The van der Waals surface area contributed by atoms with Crippen molar-refractivity contribution in [2.45, 2.75) is 95.4 Å². The van der Waals surface area contributed by atoms with E-state index in [0.29, 0.717) is 49.5 Å². The number of carbonyl (C=O) groups excluding carboxylic acids is 3. The van der Waals surface area contributed by atoms with Crippen molar-refractivity contribution < 1.29 is 24.2 Å². The fraction of sp³-hybridized carbons (Fsp3) is 0.571. The molecule has 5 rings (SSSR count). The summed E-state index contributed by atoms with van der Waals surface area (Å²) in [5, 5.41) is 16.8. The Labute approximate surface area is 273 Å². The average Bonchev–Trinajstić information content (AvgIpc) is 3.07. The zero-order valence-electron chi connectivity index (χ0n) is 26.8. The highest BCUT2D eigenvalue weighted by Gasteiger charge is 2.55. The number of aliphatic hydroxyl groups excluding tert-OH is 1. The number of aliphatic hydroxyl groups is 1. The fourth-order valence-corrected chi connectivity index (χ4v) is 7.22. The van der Waals surface area contributed by atoms with E-state index in [-0.39, 0.29) is 42.1 Å². The molecule has 246 valence electrons. The second-order valence-corrected chi connectivity index (χ2v) is 12.7. The maximum atomic E-state index is 13.9. The summed E-state index contributed by atoms with van der Waals surface area (Å²) >= 11 is 0. The Morgan fingerprint density at radius 1 is 1.02 bits per heavy atom. The fourth-order valence-electron chi connectivity index (χ4n) is 7.22. The highest BCUT2D eigenvalue weighted by atomic mass is 35.5. The Balaban J connectivity index is 0.00000461. The van der Waals surface area contributed by atoms with Crippen molar-refractivity contribution in [2.75, 3.05) is 26.7 Å². The van der Waals surface area contributed by atoms with E-state index in [1.807, 2.05) is 17.0 Å². The lowest BCUT2D eigenvalue weighted by Crippen LogP contribution is -2.75.